The van der Waals surface area contributed by atoms with Gasteiger partial charge in [-0.15, -0.1) is 0 Å². The van der Waals surface area contributed by atoms with Gasteiger partial charge in [0.05, 0.1) is 24.0 Å². The van der Waals surface area contributed by atoms with Crippen molar-refractivity contribution in [1.29, 1.82) is 0 Å². The summed E-state index contributed by atoms with van der Waals surface area (Å²) in [5, 5.41) is 28.3. The van der Waals surface area contributed by atoms with Gasteiger partial charge in [-0.3, -0.25) is 9.59 Å². The second-order valence-corrected chi connectivity index (χ2v) is 5.72. The number of aliphatic carboxylic acids is 1. The standard InChI is InChI=1S/C13H17NO5/c15-8-4-14(5-9(8)16)12(17)10-6-1-2-7(3-6)11(10)13(18)19/h1-2,6-11,15-16H,3-5H2,(H,18,19). The highest BCUT2D eigenvalue weighted by Gasteiger charge is 2.53. The molecule has 1 saturated carbocycles. The van der Waals surface area contributed by atoms with E-state index in [0.29, 0.717) is 6.42 Å². The molecule has 0 radical (unpaired) electrons. The van der Waals surface area contributed by atoms with E-state index in [9.17, 15) is 24.9 Å². The van der Waals surface area contributed by atoms with E-state index in [0.717, 1.165) is 0 Å². The molecule has 6 unspecified atom stereocenters. The third-order valence-corrected chi connectivity index (χ3v) is 4.60. The Bertz CT molecular complexity index is 438. The lowest BCUT2D eigenvalue weighted by Gasteiger charge is -2.28. The lowest BCUT2D eigenvalue weighted by atomic mass is 9.82. The third-order valence-electron chi connectivity index (χ3n) is 4.60. The van der Waals surface area contributed by atoms with E-state index in [1.807, 2.05) is 12.2 Å². The fourth-order valence-corrected chi connectivity index (χ4v) is 3.66. The summed E-state index contributed by atoms with van der Waals surface area (Å²) < 4.78 is 0. The van der Waals surface area contributed by atoms with Gasteiger partial charge in [-0.25, -0.2) is 0 Å². The zero-order valence-electron chi connectivity index (χ0n) is 10.3. The predicted molar refractivity (Wildman–Crippen MR) is 63.9 cm³/mol. The van der Waals surface area contributed by atoms with E-state index in [-0.39, 0.29) is 30.8 Å². The number of carboxylic acid groups (broad SMARTS) is 1. The minimum atomic E-state index is -0.935. The zero-order valence-corrected chi connectivity index (χ0v) is 10.3. The number of aliphatic hydroxyl groups is 2. The molecule has 6 heteroatoms. The summed E-state index contributed by atoms with van der Waals surface area (Å²) in [7, 11) is 0. The molecule has 0 aromatic carbocycles. The highest BCUT2D eigenvalue weighted by molar-refractivity contribution is 5.87. The van der Waals surface area contributed by atoms with Crippen LogP contribution in [0.25, 0.3) is 0 Å². The Kier molecular flexibility index (Phi) is 2.87. The first-order valence-corrected chi connectivity index (χ1v) is 6.55. The second-order valence-electron chi connectivity index (χ2n) is 5.72. The molecule has 2 aliphatic carbocycles. The molecule has 3 rings (SSSR count). The van der Waals surface area contributed by atoms with E-state index in [1.165, 1.54) is 4.90 Å². The molecular formula is C13H17NO5. The van der Waals surface area contributed by atoms with Crippen LogP contribution in [0.5, 0.6) is 0 Å². The number of aliphatic hydroxyl groups excluding tert-OH is 2. The van der Waals surface area contributed by atoms with Gasteiger partial charge in [0, 0.05) is 13.1 Å². The molecule has 1 aliphatic heterocycles. The van der Waals surface area contributed by atoms with Crippen LogP contribution in [0.4, 0.5) is 0 Å². The molecular weight excluding hydrogens is 250 g/mol. The summed E-state index contributed by atoms with van der Waals surface area (Å²) >= 11 is 0. The van der Waals surface area contributed by atoms with Gasteiger partial charge >= 0.3 is 5.97 Å². The summed E-state index contributed by atoms with van der Waals surface area (Å²) in [6.07, 6.45) is 2.67. The average molecular weight is 267 g/mol. The van der Waals surface area contributed by atoms with Crippen LogP contribution in [0.2, 0.25) is 0 Å². The summed E-state index contributed by atoms with van der Waals surface area (Å²) in [5.74, 6) is -2.49. The molecule has 19 heavy (non-hydrogen) atoms. The second kappa shape index (κ2) is 4.31. The van der Waals surface area contributed by atoms with Crippen molar-refractivity contribution in [1.82, 2.24) is 4.90 Å². The normalized spacial score (nSPS) is 44.0. The monoisotopic (exact) mass is 267 g/mol. The summed E-state index contributed by atoms with van der Waals surface area (Å²) in [6, 6.07) is 0. The minimum Gasteiger partial charge on any atom is -0.481 e. The fourth-order valence-electron chi connectivity index (χ4n) is 3.66. The van der Waals surface area contributed by atoms with Crippen molar-refractivity contribution in [2.45, 2.75) is 18.6 Å². The highest BCUT2D eigenvalue weighted by atomic mass is 16.4. The number of nitrogens with zero attached hydrogens (tertiary/aromatic N) is 1. The Hall–Kier alpha value is -1.40. The number of rotatable bonds is 2. The molecule has 3 N–H and O–H groups in total. The molecule has 6 nitrogen and oxygen atoms in total. The molecule has 0 aromatic rings. The molecule has 1 heterocycles. The smallest absolute Gasteiger partial charge is 0.307 e. The van der Waals surface area contributed by atoms with Crippen molar-refractivity contribution in [3.63, 3.8) is 0 Å². The Morgan fingerprint density at radius 2 is 1.53 bits per heavy atom. The van der Waals surface area contributed by atoms with Crippen LogP contribution < -0.4 is 0 Å². The van der Waals surface area contributed by atoms with Crippen LogP contribution in [0.15, 0.2) is 12.2 Å². The van der Waals surface area contributed by atoms with Crippen LogP contribution in [-0.2, 0) is 9.59 Å². The van der Waals surface area contributed by atoms with Gasteiger partial charge in [0.1, 0.15) is 0 Å². The van der Waals surface area contributed by atoms with E-state index in [1.54, 1.807) is 0 Å². The number of carbonyl (C=O) groups is 2. The molecule has 2 fully saturated rings. The van der Waals surface area contributed by atoms with Crippen molar-refractivity contribution >= 4 is 11.9 Å². The number of amides is 1. The van der Waals surface area contributed by atoms with Gasteiger partial charge in [0.25, 0.3) is 0 Å². The van der Waals surface area contributed by atoms with E-state index in [4.69, 9.17) is 0 Å². The Labute approximate surface area is 110 Å². The quantitative estimate of drug-likeness (QED) is 0.562. The first-order valence-electron chi connectivity index (χ1n) is 6.55. The van der Waals surface area contributed by atoms with Gasteiger partial charge in [0.15, 0.2) is 0 Å². The number of hydrogen-bond donors (Lipinski definition) is 3. The Morgan fingerprint density at radius 3 is 2.05 bits per heavy atom. The van der Waals surface area contributed by atoms with Crippen molar-refractivity contribution in [2.75, 3.05) is 13.1 Å². The topological polar surface area (TPSA) is 98.1 Å². The van der Waals surface area contributed by atoms with Crippen molar-refractivity contribution in [3.05, 3.63) is 12.2 Å². The molecule has 2 bridgehead atoms. The molecule has 1 amide bonds. The highest BCUT2D eigenvalue weighted by Crippen LogP contribution is 2.49. The van der Waals surface area contributed by atoms with Crippen LogP contribution >= 0.6 is 0 Å². The molecule has 0 aromatic heterocycles. The van der Waals surface area contributed by atoms with Crippen LogP contribution in [0, 0.1) is 23.7 Å². The maximum Gasteiger partial charge on any atom is 0.307 e. The van der Waals surface area contributed by atoms with Crippen LogP contribution in [0.3, 0.4) is 0 Å². The predicted octanol–water partition coefficient (Wildman–Crippen LogP) is -0.927. The largest absolute Gasteiger partial charge is 0.481 e. The van der Waals surface area contributed by atoms with Crippen LogP contribution in [0.1, 0.15) is 6.42 Å². The molecule has 104 valence electrons. The zero-order chi connectivity index (χ0) is 13.7. The van der Waals surface area contributed by atoms with E-state index < -0.39 is 30.0 Å². The lowest BCUT2D eigenvalue weighted by molar-refractivity contribution is -0.150. The van der Waals surface area contributed by atoms with Gasteiger partial charge < -0.3 is 20.2 Å². The number of allylic oxidation sites excluding steroid dienone is 2. The summed E-state index contributed by atoms with van der Waals surface area (Å²) in [6.45, 7) is 0.174. The number of carbonyl (C=O) groups excluding carboxylic acids is 1. The number of fused-ring (bicyclic) bond motifs is 2. The number of hydrogen-bond acceptors (Lipinski definition) is 4. The molecule has 0 spiro atoms. The van der Waals surface area contributed by atoms with Gasteiger partial charge in [-0.05, 0) is 18.3 Å². The number of β-amino-alcohol motifs (C(OH)–C–C–N with tert-alkyl or cyclic N) is 2. The SMILES string of the molecule is O=C(O)C1C2C=CC(C2)C1C(=O)N1CC(O)C(O)C1. The summed E-state index contributed by atoms with van der Waals surface area (Å²) in [5.41, 5.74) is 0. The van der Waals surface area contributed by atoms with Gasteiger partial charge in [-0.2, -0.15) is 0 Å². The van der Waals surface area contributed by atoms with Crippen molar-refractivity contribution < 1.29 is 24.9 Å². The van der Waals surface area contributed by atoms with Crippen molar-refractivity contribution in [2.24, 2.45) is 23.7 Å². The molecule has 1 saturated heterocycles. The minimum absolute atomic E-state index is 0.0199. The van der Waals surface area contributed by atoms with E-state index >= 15 is 0 Å². The maximum absolute atomic E-state index is 12.4. The molecule has 6 atom stereocenters. The van der Waals surface area contributed by atoms with Crippen molar-refractivity contribution in [3.8, 4) is 0 Å². The van der Waals surface area contributed by atoms with Gasteiger partial charge in [0.2, 0.25) is 5.91 Å². The number of likely N-dealkylation sites (tertiary alicyclic amines) is 1. The molecule has 3 aliphatic rings. The van der Waals surface area contributed by atoms with Crippen LogP contribution in [-0.4, -0.2) is 57.4 Å². The third kappa shape index (κ3) is 1.86. The Balaban J connectivity index is 1.80. The first kappa shape index (κ1) is 12.6. The van der Waals surface area contributed by atoms with Gasteiger partial charge in [-0.1, -0.05) is 12.2 Å². The Morgan fingerprint density at radius 1 is 1.00 bits per heavy atom. The lowest BCUT2D eigenvalue weighted by Crippen LogP contribution is -2.42. The summed E-state index contributed by atoms with van der Waals surface area (Å²) in [4.78, 5) is 25.2. The maximum atomic E-state index is 12.4. The average Bonchev–Trinajstić information content (AvgIpc) is 3.03. The first-order chi connectivity index (χ1) is 8.99. The fraction of sp³-hybridized carbons (Fsp3) is 0.692. The van der Waals surface area contributed by atoms with E-state index in [2.05, 4.69) is 0 Å². The number of carboxylic acids is 1.